The van der Waals surface area contributed by atoms with E-state index in [4.69, 9.17) is 5.73 Å². The number of fused-ring (bicyclic) bond motifs is 4. The van der Waals surface area contributed by atoms with E-state index in [0.717, 1.165) is 69.7 Å². The minimum atomic E-state index is -0.621. The molecule has 1 aromatic heterocycles. The van der Waals surface area contributed by atoms with Gasteiger partial charge in [-0.3, -0.25) is 14.5 Å². The zero-order chi connectivity index (χ0) is 19.3. The Balaban J connectivity index is 1.36. The van der Waals surface area contributed by atoms with E-state index in [1.807, 2.05) is 15.5 Å². The molecular formula is C22H32N4O2. The molecule has 0 aromatic carbocycles. The summed E-state index contributed by atoms with van der Waals surface area (Å²) in [5.41, 5.74) is 7.91. The van der Waals surface area contributed by atoms with Crippen molar-refractivity contribution in [2.45, 2.75) is 69.5 Å². The van der Waals surface area contributed by atoms with Gasteiger partial charge in [0.05, 0.1) is 5.54 Å². The van der Waals surface area contributed by atoms with Crippen LogP contribution in [-0.2, 0) is 17.9 Å². The van der Waals surface area contributed by atoms with Gasteiger partial charge in [-0.2, -0.15) is 0 Å². The van der Waals surface area contributed by atoms with E-state index < -0.39 is 5.54 Å². The summed E-state index contributed by atoms with van der Waals surface area (Å²) in [5.74, 6) is 0.754. The first-order valence-electron chi connectivity index (χ1n) is 11.1. The summed E-state index contributed by atoms with van der Waals surface area (Å²) >= 11 is 0. The second-order valence-corrected chi connectivity index (χ2v) is 9.55. The summed E-state index contributed by atoms with van der Waals surface area (Å²) in [7, 11) is 0. The minimum absolute atomic E-state index is 0.131. The van der Waals surface area contributed by atoms with Crippen molar-refractivity contribution in [3.8, 4) is 0 Å². The average Bonchev–Trinajstić information content (AvgIpc) is 2.69. The standard InChI is InChI=1S/C22H32N4O2/c23-22(7-4-8-22)21(28)25-12-16-11-18(15-25)19-6-5-17(20(27)26(19)13-16)14-24-9-2-1-3-10-24/h5-6,16,18H,1-4,7-15,23H2/t16-,18+/m0/s1. The summed E-state index contributed by atoms with van der Waals surface area (Å²) in [6.45, 7) is 5.17. The molecule has 2 N–H and O–H groups in total. The van der Waals surface area contributed by atoms with Crippen molar-refractivity contribution in [3.63, 3.8) is 0 Å². The number of likely N-dealkylation sites (tertiary alicyclic amines) is 2. The summed E-state index contributed by atoms with van der Waals surface area (Å²) in [6, 6.07) is 4.19. The summed E-state index contributed by atoms with van der Waals surface area (Å²) in [5, 5.41) is 0. The van der Waals surface area contributed by atoms with Crippen LogP contribution in [-0.4, -0.2) is 52.0 Å². The van der Waals surface area contributed by atoms with E-state index in [-0.39, 0.29) is 17.4 Å². The number of nitrogens with two attached hydrogens (primary N) is 1. The largest absolute Gasteiger partial charge is 0.340 e. The first-order valence-corrected chi connectivity index (χ1v) is 11.1. The molecule has 0 spiro atoms. The Hall–Kier alpha value is -1.66. The highest BCUT2D eigenvalue weighted by Gasteiger charge is 2.46. The Labute approximate surface area is 166 Å². The van der Waals surface area contributed by atoms with Crippen molar-refractivity contribution in [1.29, 1.82) is 0 Å². The summed E-state index contributed by atoms with van der Waals surface area (Å²) in [6.07, 6.45) is 7.54. The van der Waals surface area contributed by atoms with Crippen LogP contribution >= 0.6 is 0 Å². The smallest absolute Gasteiger partial charge is 0.255 e. The van der Waals surface area contributed by atoms with Crippen molar-refractivity contribution >= 4 is 5.91 Å². The lowest BCUT2D eigenvalue weighted by molar-refractivity contribution is -0.143. The van der Waals surface area contributed by atoms with Gasteiger partial charge in [-0.05, 0) is 63.6 Å². The van der Waals surface area contributed by atoms with Crippen LogP contribution in [0, 0.1) is 5.92 Å². The van der Waals surface area contributed by atoms with Crippen molar-refractivity contribution in [3.05, 3.63) is 33.7 Å². The summed E-state index contributed by atoms with van der Waals surface area (Å²) < 4.78 is 2.02. The van der Waals surface area contributed by atoms with Gasteiger partial charge in [-0.25, -0.2) is 0 Å². The molecule has 6 nitrogen and oxygen atoms in total. The fourth-order valence-electron chi connectivity index (χ4n) is 5.72. The molecule has 0 unspecified atom stereocenters. The van der Waals surface area contributed by atoms with Crippen LogP contribution < -0.4 is 11.3 Å². The highest BCUT2D eigenvalue weighted by Crippen LogP contribution is 2.38. The second kappa shape index (κ2) is 6.99. The van der Waals surface area contributed by atoms with Crippen LogP contribution in [0.3, 0.4) is 0 Å². The van der Waals surface area contributed by atoms with Crippen molar-refractivity contribution < 1.29 is 4.79 Å². The molecule has 4 heterocycles. The Kier molecular flexibility index (Phi) is 4.59. The van der Waals surface area contributed by atoms with Gasteiger partial charge < -0.3 is 15.2 Å². The molecule has 2 bridgehead atoms. The predicted octanol–water partition coefficient (Wildman–Crippen LogP) is 1.66. The number of pyridine rings is 1. The number of amides is 1. The van der Waals surface area contributed by atoms with Gasteiger partial charge in [0.25, 0.3) is 5.56 Å². The third kappa shape index (κ3) is 3.11. The lowest BCUT2D eigenvalue weighted by Crippen LogP contribution is -2.62. The Morgan fingerprint density at radius 2 is 1.86 bits per heavy atom. The molecule has 1 aromatic rings. The third-order valence-electron chi connectivity index (χ3n) is 7.48. The molecule has 3 aliphatic heterocycles. The minimum Gasteiger partial charge on any atom is -0.340 e. The maximum absolute atomic E-state index is 13.2. The Bertz CT molecular complexity index is 822. The first-order chi connectivity index (χ1) is 13.5. The number of piperidine rings is 2. The maximum atomic E-state index is 13.2. The molecule has 3 fully saturated rings. The number of nitrogens with zero attached hydrogens (tertiary/aromatic N) is 3. The van der Waals surface area contributed by atoms with E-state index in [1.165, 1.54) is 19.3 Å². The molecule has 1 saturated carbocycles. The second-order valence-electron chi connectivity index (χ2n) is 9.55. The number of hydrogen-bond donors (Lipinski definition) is 1. The molecule has 0 radical (unpaired) electrons. The molecule has 1 amide bonds. The van der Waals surface area contributed by atoms with Gasteiger partial charge in [0.2, 0.25) is 5.91 Å². The lowest BCUT2D eigenvalue weighted by Gasteiger charge is -2.47. The molecule has 152 valence electrons. The van der Waals surface area contributed by atoms with Crippen molar-refractivity contribution in [1.82, 2.24) is 14.4 Å². The van der Waals surface area contributed by atoms with Crippen LogP contribution in [0.2, 0.25) is 0 Å². The number of aromatic nitrogens is 1. The number of hydrogen-bond acceptors (Lipinski definition) is 4. The van der Waals surface area contributed by atoms with Crippen LogP contribution in [0.5, 0.6) is 0 Å². The molecular weight excluding hydrogens is 352 g/mol. The van der Waals surface area contributed by atoms with Gasteiger partial charge in [0.1, 0.15) is 0 Å². The van der Waals surface area contributed by atoms with E-state index in [1.54, 1.807) is 0 Å². The SMILES string of the molecule is NC1(C(=O)N2C[C@@H]3C[C@H](C2)c2ccc(CN4CCCCC4)c(=O)n2C3)CCC1. The van der Waals surface area contributed by atoms with Crippen LogP contribution in [0.1, 0.15) is 62.1 Å². The first kappa shape index (κ1) is 18.4. The zero-order valence-electron chi connectivity index (χ0n) is 16.7. The fraction of sp³-hybridized carbons (Fsp3) is 0.727. The molecule has 2 saturated heterocycles. The van der Waals surface area contributed by atoms with E-state index in [0.29, 0.717) is 12.5 Å². The highest BCUT2D eigenvalue weighted by molar-refractivity contribution is 5.87. The normalized spacial score (nSPS) is 29.1. The van der Waals surface area contributed by atoms with E-state index in [9.17, 15) is 9.59 Å². The topological polar surface area (TPSA) is 71.6 Å². The quantitative estimate of drug-likeness (QED) is 0.860. The van der Waals surface area contributed by atoms with E-state index >= 15 is 0 Å². The number of carbonyl (C=O) groups excluding carboxylic acids is 1. The molecule has 6 heteroatoms. The Morgan fingerprint density at radius 1 is 1.07 bits per heavy atom. The van der Waals surface area contributed by atoms with Gasteiger partial charge >= 0.3 is 0 Å². The third-order valence-corrected chi connectivity index (χ3v) is 7.48. The monoisotopic (exact) mass is 384 g/mol. The summed E-state index contributed by atoms with van der Waals surface area (Å²) in [4.78, 5) is 30.5. The van der Waals surface area contributed by atoms with Gasteiger partial charge in [0.15, 0.2) is 0 Å². The van der Waals surface area contributed by atoms with Gasteiger partial charge in [-0.1, -0.05) is 12.5 Å². The zero-order valence-corrected chi connectivity index (χ0v) is 16.7. The van der Waals surface area contributed by atoms with Crippen LogP contribution in [0.25, 0.3) is 0 Å². The van der Waals surface area contributed by atoms with Crippen molar-refractivity contribution in [2.75, 3.05) is 26.2 Å². The highest BCUT2D eigenvalue weighted by atomic mass is 16.2. The van der Waals surface area contributed by atoms with Crippen molar-refractivity contribution in [2.24, 2.45) is 11.7 Å². The molecule has 5 rings (SSSR count). The average molecular weight is 385 g/mol. The van der Waals surface area contributed by atoms with Gasteiger partial charge in [0, 0.05) is 43.4 Å². The fourth-order valence-corrected chi connectivity index (χ4v) is 5.72. The molecule has 4 aliphatic rings. The lowest BCUT2D eigenvalue weighted by atomic mass is 9.75. The molecule has 28 heavy (non-hydrogen) atoms. The maximum Gasteiger partial charge on any atom is 0.255 e. The number of rotatable bonds is 3. The van der Waals surface area contributed by atoms with Crippen LogP contribution in [0.15, 0.2) is 16.9 Å². The van der Waals surface area contributed by atoms with E-state index in [2.05, 4.69) is 11.0 Å². The Morgan fingerprint density at radius 3 is 2.57 bits per heavy atom. The van der Waals surface area contributed by atoms with Gasteiger partial charge in [-0.15, -0.1) is 0 Å². The molecule has 1 aliphatic carbocycles. The molecule has 2 atom stereocenters. The predicted molar refractivity (Wildman–Crippen MR) is 108 cm³/mol. The van der Waals surface area contributed by atoms with Crippen LogP contribution in [0.4, 0.5) is 0 Å². The number of carbonyl (C=O) groups is 1.